The van der Waals surface area contributed by atoms with Crippen LogP contribution in [0.15, 0.2) is 49.1 Å². The lowest BCUT2D eigenvalue weighted by molar-refractivity contribution is -0.117. The van der Waals surface area contributed by atoms with E-state index < -0.39 is 0 Å². The summed E-state index contributed by atoms with van der Waals surface area (Å²) in [6, 6.07) is 7.48. The predicted octanol–water partition coefficient (Wildman–Crippen LogP) is 1.12. The highest BCUT2D eigenvalue weighted by molar-refractivity contribution is 5.76. The van der Waals surface area contributed by atoms with E-state index in [4.69, 9.17) is 5.73 Å². The molecule has 2 rings (SSSR count). The molecule has 0 spiro atoms. The Morgan fingerprint density at radius 2 is 2.07 bits per heavy atom. The molecular formula is C11H13N3O. The number of carbonyl (C=O) groups is 1. The number of amides is 1. The van der Waals surface area contributed by atoms with Crippen molar-refractivity contribution in [2.24, 2.45) is 5.73 Å². The number of aromatic amines is 1. The molecule has 4 heteroatoms. The predicted molar refractivity (Wildman–Crippen MR) is 57.9 cm³/mol. The molecule has 0 unspecified atom stereocenters. The second kappa shape index (κ2) is 6.37. The van der Waals surface area contributed by atoms with Gasteiger partial charge in [-0.05, 0) is 23.8 Å². The molecule has 0 fully saturated rings. The molecule has 15 heavy (non-hydrogen) atoms. The number of hydrogen-bond acceptors (Lipinski definition) is 2. The van der Waals surface area contributed by atoms with Crippen molar-refractivity contribution in [1.29, 1.82) is 0 Å². The van der Waals surface area contributed by atoms with E-state index >= 15 is 0 Å². The third kappa shape index (κ3) is 5.25. The van der Waals surface area contributed by atoms with Gasteiger partial charge in [0.15, 0.2) is 0 Å². The monoisotopic (exact) mass is 203 g/mol. The normalized spacial score (nSPS) is 8.80. The van der Waals surface area contributed by atoms with Gasteiger partial charge in [-0.15, -0.1) is 0 Å². The smallest absolute Gasteiger partial charge is 0.221 e. The first-order chi connectivity index (χ1) is 7.29. The summed E-state index contributed by atoms with van der Waals surface area (Å²) in [6.07, 6.45) is 7.31. The fraction of sp³-hybridized carbons (Fsp3) is 0.0909. The summed E-state index contributed by atoms with van der Waals surface area (Å²) in [4.78, 5) is 17.1. The van der Waals surface area contributed by atoms with Crippen molar-refractivity contribution in [3.8, 4) is 0 Å². The van der Waals surface area contributed by atoms with Crippen LogP contribution in [-0.2, 0) is 11.2 Å². The Bertz CT molecular complexity index is 353. The minimum absolute atomic E-state index is 0.272. The minimum atomic E-state index is -0.326. The molecule has 0 aliphatic carbocycles. The first kappa shape index (κ1) is 11.0. The molecule has 0 aromatic carbocycles. The molecule has 78 valence electrons. The number of pyridine rings is 1. The Labute approximate surface area is 88.2 Å². The average Bonchev–Trinajstić information content (AvgIpc) is 2.76. The summed E-state index contributed by atoms with van der Waals surface area (Å²) in [5, 5.41) is 0. The van der Waals surface area contributed by atoms with Crippen LogP contribution in [0.4, 0.5) is 0 Å². The molecule has 1 amide bonds. The largest absolute Gasteiger partial charge is 0.369 e. The Morgan fingerprint density at radius 3 is 2.47 bits per heavy atom. The van der Waals surface area contributed by atoms with E-state index in [1.54, 1.807) is 18.5 Å². The van der Waals surface area contributed by atoms with E-state index in [1.807, 2.05) is 30.6 Å². The Kier molecular flexibility index (Phi) is 4.66. The van der Waals surface area contributed by atoms with Crippen LogP contribution in [-0.4, -0.2) is 15.9 Å². The molecule has 0 saturated heterocycles. The second-order valence-electron chi connectivity index (χ2n) is 2.89. The molecule has 2 aromatic heterocycles. The van der Waals surface area contributed by atoms with Crippen LogP contribution < -0.4 is 5.73 Å². The lowest BCUT2D eigenvalue weighted by atomic mass is 10.2. The van der Waals surface area contributed by atoms with Gasteiger partial charge in [0.05, 0.1) is 6.42 Å². The van der Waals surface area contributed by atoms with E-state index in [1.165, 1.54) is 0 Å². The number of aromatic nitrogens is 2. The topological polar surface area (TPSA) is 71.8 Å². The van der Waals surface area contributed by atoms with Crippen LogP contribution in [0, 0.1) is 0 Å². The van der Waals surface area contributed by atoms with Crippen molar-refractivity contribution >= 4 is 5.91 Å². The van der Waals surface area contributed by atoms with Gasteiger partial charge in [-0.25, -0.2) is 0 Å². The number of primary amides is 1. The van der Waals surface area contributed by atoms with Crippen LogP contribution in [0.5, 0.6) is 0 Å². The molecular weight excluding hydrogens is 190 g/mol. The number of H-pyrrole nitrogens is 1. The highest BCUT2D eigenvalue weighted by atomic mass is 16.1. The third-order valence-electron chi connectivity index (χ3n) is 1.60. The number of hydrogen-bond donors (Lipinski definition) is 2. The SMILES string of the molecule is NC(=O)Cc1cccnc1.c1cc[nH]c1. The summed E-state index contributed by atoms with van der Waals surface area (Å²) < 4.78 is 0. The minimum Gasteiger partial charge on any atom is -0.369 e. The van der Waals surface area contributed by atoms with Crippen molar-refractivity contribution in [2.45, 2.75) is 6.42 Å². The van der Waals surface area contributed by atoms with Crippen LogP contribution in [0.1, 0.15) is 5.56 Å². The molecule has 0 saturated carbocycles. The maximum absolute atomic E-state index is 10.4. The van der Waals surface area contributed by atoms with E-state index in [2.05, 4.69) is 9.97 Å². The van der Waals surface area contributed by atoms with Crippen LogP contribution in [0.2, 0.25) is 0 Å². The third-order valence-corrected chi connectivity index (χ3v) is 1.60. The lowest BCUT2D eigenvalue weighted by Crippen LogP contribution is -2.13. The Balaban J connectivity index is 0.000000187. The van der Waals surface area contributed by atoms with Crippen molar-refractivity contribution in [1.82, 2.24) is 9.97 Å². The summed E-state index contributed by atoms with van der Waals surface area (Å²) in [5.41, 5.74) is 5.81. The van der Waals surface area contributed by atoms with Gasteiger partial charge in [0.25, 0.3) is 0 Å². The molecule has 0 aliphatic rings. The Hall–Kier alpha value is -2.10. The van der Waals surface area contributed by atoms with Gasteiger partial charge in [0.1, 0.15) is 0 Å². The van der Waals surface area contributed by atoms with Crippen LogP contribution in [0.3, 0.4) is 0 Å². The maximum Gasteiger partial charge on any atom is 0.221 e. The number of nitrogens with zero attached hydrogens (tertiary/aromatic N) is 1. The number of nitrogens with two attached hydrogens (primary N) is 1. The van der Waals surface area contributed by atoms with Gasteiger partial charge >= 0.3 is 0 Å². The summed E-state index contributed by atoms with van der Waals surface area (Å²) in [7, 11) is 0. The van der Waals surface area contributed by atoms with Crippen molar-refractivity contribution in [2.75, 3.05) is 0 Å². The molecule has 0 radical (unpaired) electrons. The standard InChI is InChI=1S/C7H8N2O.C4H5N/c8-7(10)4-6-2-1-3-9-5-6;1-2-4-5-3-1/h1-3,5H,4H2,(H2,8,10);1-5H. The zero-order chi connectivity index (χ0) is 10.9. The Morgan fingerprint density at radius 1 is 1.33 bits per heavy atom. The van der Waals surface area contributed by atoms with Crippen molar-refractivity contribution in [3.63, 3.8) is 0 Å². The van der Waals surface area contributed by atoms with Gasteiger partial charge in [-0.2, -0.15) is 0 Å². The zero-order valence-corrected chi connectivity index (χ0v) is 8.26. The first-order valence-corrected chi connectivity index (χ1v) is 4.54. The van der Waals surface area contributed by atoms with Gasteiger partial charge in [-0.3, -0.25) is 9.78 Å². The molecule has 2 aromatic rings. The molecule has 4 nitrogen and oxygen atoms in total. The molecule has 2 heterocycles. The number of carbonyl (C=O) groups excluding carboxylic acids is 1. The van der Waals surface area contributed by atoms with E-state index in [0.29, 0.717) is 0 Å². The van der Waals surface area contributed by atoms with Gasteiger partial charge in [-0.1, -0.05) is 6.07 Å². The highest BCUT2D eigenvalue weighted by Gasteiger charge is 1.95. The highest BCUT2D eigenvalue weighted by Crippen LogP contribution is 1.94. The molecule has 3 N–H and O–H groups in total. The first-order valence-electron chi connectivity index (χ1n) is 4.54. The van der Waals surface area contributed by atoms with Crippen LogP contribution >= 0.6 is 0 Å². The summed E-state index contributed by atoms with van der Waals surface area (Å²) >= 11 is 0. The molecule has 0 bridgehead atoms. The fourth-order valence-corrected chi connectivity index (χ4v) is 0.982. The quantitative estimate of drug-likeness (QED) is 0.767. The van der Waals surface area contributed by atoms with Crippen molar-refractivity contribution < 1.29 is 4.79 Å². The second-order valence-corrected chi connectivity index (χ2v) is 2.89. The van der Waals surface area contributed by atoms with E-state index in [9.17, 15) is 4.79 Å². The molecule has 0 atom stereocenters. The van der Waals surface area contributed by atoms with Crippen LogP contribution in [0.25, 0.3) is 0 Å². The summed E-state index contributed by atoms with van der Waals surface area (Å²) in [6.45, 7) is 0. The number of nitrogens with one attached hydrogen (secondary N) is 1. The van der Waals surface area contributed by atoms with Gasteiger partial charge in [0.2, 0.25) is 5.91 Å². The molecule has 0 aliphatic heterocycles. The lowest BCUT2D eigenvalue weighted by Gasteiger charge is -1.92. The number of rotatable bonds is 2. The van der Waals surface area contributed by atoms with E-state index in [0.717, 1.165) is 5.56 Å². The van der Waals surface area contributed by atoms with Gasteiger partial charge in [0, 0.05) is 24.8 Å². The maximum atomic E-state index is 10.4. The fourth-order valence-electron chi connectivity index (χ4n) is 0.982. The zero-order valence-electron chi connectivity index (χ0n) is 8.26. The van der Waals surface area contributed by atoms with Crippen molar-refractivity contribution in [3.05, 3.63) is 54.6 Å². The van der Waals surface area contributed by atoms with Gasteiger partial charge < -0.3 is 10.7 Å². The average molecular weight is 203 g/mol. The van der Waals surface area contributed by atoms with E-state index in [-0.39, 0.29) is 12.3 Å². The summed E-state index contributed by atoms with van der Waals surface area (Å²) in [5.74, 6) is -0.326.